The average Bonchev–Trinajstić information content (AvgIpc) is 2.01. The fourth-order valence-corrected chi connectivity index (χ4v) is 1.42. The van der Waals surface area contributed by atoms with Gasteiger partial charge in [0.25, 0.3) is 0 Å². The van der Waals surface area contributed by atoms with E-state index in [0.29, 0.717) is 18.1 Å². The van der Waals surface area contributed by atoms with Crippen molar-refractivity contribution in [2.45, 2.75) is 65.6 Å². The molecule has 0 aromatic rings. The Morgan fingerprint density at radius 3 is 2.00 bits per heavy atom. The maximum atomic E-state index is 3.56. The highest BCUT2D eigenvalue weighted by atomic mass is 15.0. The lowest BCUT2D eigenvalue weighted by Crippen LogP contribution is -2.37. The van der Waals surface area contributed by atoms with Gasteiger partial charge in [-0.1, -0.05) is 34.6 Å². The minimum Gasteiger partial charge on any atom is -0.314 e. The lowest BCUT2D eigenvalue weighted by Gasteiger charge is -2.20. The number of nitrogens with one attached hydrogen (secondary N) is 2. The van der Waals surface area contributed by atoms with Crippen LogP contribution < -0.4 is 10.6 Å². The summed E-state index contributed by atoms with van der Waals surface area (Å²) in [4.78, 5) is 0. The third-order valence-electron chi connectivity index (χ3n) is 2.11. The molecule has 0 heterocycles. The SMILES string of the molecule is CCC(CCNC(C)C)NC(C)C. The zero-order valence-electron chi connectivity index (χ0n) is 9.85. The first kappa shape index (κ1) is 12.9. The highest BCUT2D eigenvalue weighted by molar-refractivity contribution is 4.69. The molecule has 13 heavy (non-hydrogen) atoms. The zero-order valence-corrected chi connectivity index (χ0v) is 9.85. The van der Waals surface area contributed by atoms with Crippen molar-refractivity contribution in [3.05, 3.63) is 0 Å². The van der Waals surface area contributed by atoms with Gasteiger partial charge in [-0.15, -0.1) is 0 Å². The molecule has 2 N–H and O–H groups in total. The van der Waals surface area contributed by atoms with Gasteiger partial charge in [0, 0.05) is 18.1 Å². The molecule has 2 heteroatoms. The topological polar surface area (TPSA) is 24.1 Å². The summed E-state index contributed by atoms with van der Waals surface area (Å²) in [6.07, 6.45) is 2.45. The summed E-state index contributed by atoms with van der Waals surface area (Å²) in [6.45, 7) is 12.2. The van der Waals surface area contributed by atoms with Gasteiger partial charge in [0.2, 0.25) is 0 Å². The first-order valence-electron chi connectivity index (χ1n) is 5.55. The maximum Gasteiger partial charge on any atom is 0.00788 e. The van der Waals surface area contributed by atoms with Crippen LogP contribution in [0.2, 0.25) is 0 Å². The minimum atomic E-state index is 0.601. The van der Waals surface area contributed by atoms with Gasteiger partial charge in [0.15, 0.2) is 0 Å². The van der Waals surface area contributed by atoms with E-state index in [2.05, 4.69) is 45.3 Å². The molecule has 0 spiro atoms. The summed E-state index contributed by atoms with van der Waals surface area (Å²) in [7, 11) is 0. The minimum absolute atomic E-state index is 0.601. The summed E-state index contributed by atoms with van der Waals surface area (Å²) in [5.41, 5.74) is 0. The molecule has 0 aromatic heterocycles. The van der Waals surface area contributed by atoms with Crippen molar-refractivity contribution in [2.75, 3.05) is 6.54 Å². The molecule has 0 aliphatic rings. The first-order valence-corrected chi connectivity index (χ1v) is 5.55. The molecule has 2 nitrogen and oxygen atoms in total. The highest BCUT2D eigenvalue weighted by Gasteiger charge is 2.06. The van der Waals surface area contributed by atoms with Gasteiger partial charge >= 0.3 is 0 Å². The van der Waals surface area contributed by atoms with E-state index in [9.17, 15) is 0 Å². The van der Waals surface area contributed by atoms with Crippen molar-refractivity contribution < 1.29 is 0 Å². The second-order valence-corrected chi connectivity index (χ2v) is 4.32. The Morgan fingerprint density at radius 1 is 1.00 bits per heavy atom. The summed E-state index contributed by atoms with van der Waals surface area (Å²) in [5, 5.41) is 7.01. The summed E-state index contributed by atoms with van der Waals surface area (Å²) < 4.78 is 0. The highest BCUT2D eigenvalue weighted by Crippen LogP contribution is 1.98. The first-order chi connectivity index (χ1) is 6.06. The third kappa shape index (κ3) is 8.26. The molecule has 0 saturated heterocycles. The van der Waals surface area contributed by atoms with Crippen molar-refractivity contribution in [3.8, 4) is 0 Å². The fraction of sp³-hybridized carbons (Fsp3) is 1.00. The van der Waals surface area contributed by atoms with Crippen molar-refractivity contribution in [3.63, 3.8) is 0 Å². The van der Waals surface area contributed by atoms with Gasteiger partial charge in [-0.3, -0.25) is 0 Å². The van der Waals surface area contributed by atoms with E-state index in [4.69, 9.17) is 0 Å². The summed E-state index contributed by atoms with van der Waals surface area (Å²) in [5.74, 6) is 0. The van der Waals surface area contributed by atoms with Crippen molar-refractivity contribution >= 4 is 0 Å². The molecule has 0 radical (unpaired) electrons. The van der Waals surface area contributed by atoms with Gasteiger partial charge < -0.3 is 10.6 Å². The Balaban J connectivity index is 3.48. The number of rotatable bonds is 7. The van der Waals surface area contributed by atoms with Crippen LogP contribution in [-0.2, 0) is 0 Å². The maximum absolute atomic E-state index is 3.56. The van der Waals surface area contributed by atoms with Crippen LogP contribution in [0.4, 0.5) is 0 Å². The Morgan fingerprint density at radius 2 is 1.62 bits per heavy atom. The van der Waals surface area contributed by atoms with E-state index in [-0.39, 0.29) is 0 Å². The smallest absolute Gasteiger partial charge is 0.00788 e. The quantitative estimate of drug-likeness (QED) is 0.636. The Labute approximate surface area is 83.5 Å². The predicted octanol–water partition coefficient (Wildman–Crippen LogP) is 2.15. The zero-order chi connectivity index (χ0) is 10.3. The summed E-state index contributed by atoms with van der Waals surface area (Å²) >= 11 is 0. The molecule has 1 unspecified atom stereocenters. The molecule has 0 amide bonds. The monoisotopic (exact) mass is 186 g/mol. The van der Waals surface area contributed by atoms with Crippen LogP contribution in [0.5, 0.6) is 0 Å². The molecule has 0 aliphatic heterocycles. The standard InChI is InChI=1S/C11H26N2/c1-6-11(13-10(4)5)7-8-12-9(2)3/h9-13H,6-8H2,1-5H3. The number of hydrogen-bond donors (Lipinski definition) is 2. The van der Waals surface area contributed by atoms with Crippen LogP contribution in [0.25, 0.3) is 0 Å². The van der Waals surface area contributed by atoms with Gasteiger partial charge in [-0.2, -0.15) is 0 Å². The van der Waals surface area contributed by atoms with Crippen LogP contribution in [0.3, 0.4) is 0 Å². The molecular formula is C11H26N2. The Kier molecular flexibility index (Phi) is 7.29. The molecule has 80 valence electrons. The lowest BCUT2D eigenvalue weighted by molar-refractivity contribution is 0.411. The van der Waals surface area contributed by atoms with Crippen LogP contribution in [0.1, 0.15) is 47.5 Å². The molecule has 1 atom stereocenters. The van der Waals surface area contributed by atoms with E-state index in [1.807, 2.05) is 0 Å². The van der Waals surface area contributed by atoms with Crippen LogP contribution in [0, 0.1) is 0 Å². The van der Waals surface area contributed by atoms with Crippen molar-refractivity contribution in [1.82, 2.24) is 10.6 Å². The van der Waals surface area contributed by atoms with Crippen LogP contribution in [0.15, 0.2) is 0 Å². The largest absolute Gasteiger partial charge is 0.314 e. The van der Waals surface area contributed by atoms with Gasteiger partial charge in [-0.25, -0.2) is 0 Å². The van der Waals surface area contributed by atoms with Crippen LogP contribution in [-0.4, -0.2) is 24.7 Å². The molecule has 0 aromatic carbocycles. The predicted molar refractivity (Wildman–Crippen MR) is 60.1 cm³/mol. The molecule has 0 aliphatic carbocycles. The third-order valence-corrected chi connectivity index (χ3v) is 2.11. The Hall–Kier alpha value is -0.0800. The van der Waals surface area contributed by atoms with E-state index >= 15 is 0 Å². The molecule has 0 saturated carbocycles. The molecule has 0 rings (SSSR count). The van der Waals surface area contributed by atoms with E-state index in [1.54, 1.807) is 0 Å². The van der Waals surface area contributed by atoms with E-state index in [1.165, 1.54) is 12.8 Å². The van der Waals surface area contributed by atoms with E-state index in [0.717, 1.165) is 6.54 Å². The molecular weight excluding hydrogens is 160 g/mol. The Bertz CT molecular complexity index is 111. The second kappa shape index (κ2) is 7.34. The average molecular weight is 186 g/mol. The van der Waals surface area contributed by atoms with Crippen molar-refractivity contribution in [1.29, 1.82) is 0 Å². The fourth-order valence-electron chi connectivity index (χ4n) is 1.42. The van der Waals surface area contributed by atoms with Crippen LogP contribution >= 0.6 is 0 Å². The van der Waals surface area contributed by atoms with Crippen molar-refractivity contribution in [2.24, 2.45) is 0 Å². The lowest BCUT2D eigenvalue weighted by atomic mass is 10.1. The summed E-state index contributed by atoms with van der Waals surface area (Å²) in [6, 6.07) is 1.88. The van der Waals surface area contributed by atoms with Gasteiger partial charge in [0.1, 0.15) is 0 Å². The molecule has 0 fully saturated rings. The molecule has 0 bridgehead atoms. The second-order valence-electron chi connectivity index (χ2n) is 4.32. The normalized spacial score (nSPS) is 14.1. The van der Waals surface area contributed by atoms with E-state index < -0.39 is 0 Å². The van der Waals surface area contributed by atoms with Gasteiger partial charge in [-0.05, 0) is 19.4 Å². The van der Waals surface area contributed by atoms with Gasteiger partial charge in [0.05, 0.1) is 0 Å². The number of hydrogen-bond acceptors (Lipinski definition) is 2.